The van der Waals surface area contributed by atoms with Crippen molar-refractivity contribution in [3.63, 3.8) is 0 Å². The monoisotopic (exact) mass is 353 g/mol. The van der Waals surface area contributed by atoms with Gasteiger partial charge < -0.3 is 4.90 Å². The molecule has 2 aromatic rings. The molecule has 2 fully saturated rings. The van der Waals surface area contributed by atoms with Gasteiger partial charge in [-0.05, 0) is 63.9 Å². The Kier molecular flexibility index (Phi) is 4.76. The Bertz CT molecular complexity index is 786. The van der Waals surface area contributed by atoms with E-state index < -0.39 is 0 Å². The van der Waals surface area contributed by atoms with Crippen LogP contribution in [0.2, 0.25) is 0 Å². The highest BCUT2D eigenvalue weighted by Crippen LogP contribution is 2.29. The lowest BCUT2D eigenvalue weighted by Gasteiger charge is -2.23. The molecule has 1 aromatic carbocycles. The summed E-state index contributed by atoms with van der Waals surface area (Å²) < 4.78 is 1.79. The first kappa shape index (κ1) is 17.2. The van der Waals surface area contributed by atoms with E-state index in [1.165, 1.54) is 6.42 Å². The van der Waals surface area contributed by atoms with E-state index in [4.69, 9.17) is 0 Å². The zero-order valence-corrected chi connectivity index (χ0v) is 15.6. The largest absolute Gasteiger partial charge is 0.336 e. The number of aromatic nitrogens is 3. The van der Waals surface area contributed by atoms with E-state index in [-0.39, 0.29) is 5.91 Å². The molecule has 0 N–H and O–H groups in total. The fourth-order valence-electron chi connectivity index (χ4n) is 4.31. The Morgan fingerprint density at radius 1 is 1.23 bits per heavy atom. The standard InChI is InChI=1S/C20H27N5O/c1-3-16-9-5-12-24(16)20(26)15-7-4-8-17(13-15)25-14-18(21-22-25)19-10-6-11-23(19)2/h4,7-8,13-14,16,19H,3,5-6,9-12H2,1-2H3. The highest BCUT2D eigenvalue weighted by Gasteiger charge is 2.28. The molecule has 3 heterocycles. The van der Waals surface area contributed by atoms with Crippen LogP contribution in [0.3, 0.4) is 0 Å². The molecule has 2 aliphatic heterocycles. The van der Waals surface area contributed by atoms with Gasteiger partial charge in [-0.25, -0.2) is 4.68 Å². The van der Waals surface area contributed by atoms with Crippen molar-refractivity contribution < 1.29 is 4.79 Å². The van der Waals surface area contributed by atoms with Crippen molar-refractivity contribution in [2.24, 2.45) is 0 Å². The third kappa shape index (κ3) is 3.14. The van der Waals surface area contributed by atoms with Crippen LogP contribution in [0, 0.1) is 0 Å². The lowest BCUT2D eigenvalue weighted by Crippen LogP contribution is -2.35. The van der Waals surface area contributed by atoms with Gasteiger partial charge in [-0.15, -0.1) is 5.10 Å². The molecular formula is C20H27N5O. The number of amides is 1. The number of carbonyl (C=O) groups excluding carboxylic acids is 1. The van der Waals surface area contributed by atoms with E-state index in [0.717, 1.165) is 55.7 Å². The molecule has 1 amide bonds. The van der Waals surface area contributed by atoms with Crippen LogP contribution in [-0.4, -0.2) is 56.9 Å². The quantitative estimate of drug-likeness (QED) is 0.848. The van der Waals surface area contributed by atoms with Gasteiger partial charge in [-0.2, -0.15) is 0 Å². The molecule has 6 nitrogen and oxygen atoms in total. The summed E-state index contributed by atoms with van der Waals surface area (Å²) in [5.41, 5.74) is 2.63. The van der Waals surface area contributed by atoms with Crippen LogP contribution in [0.4, 0.5) is 0 Å². The smallest absolute Gasteiger partial charge is 0.254 e. The van der Waals surface area contributed by atoms with Gasteiger partial charge in [0.25, 0.3) is 5.91 Å². The summed E-state index contributed by atoms with van der Waals surface area (Å²) in [4.78, 5) is 17.3. The first-order valence-corrected chi connectivity index (χ1v) is 9.71. The third-order valence-electron chi connectivity index (χ3n) is 5.84. The molecule has 4 rings (SSSR count). The number of benzene rings is 1. The Morgan fingerprint density at radius 3 is 2.85 bits per heavy atom. The fraction of sp³-hybridized carbons (Fsp3) is 0.550. The van der Waals surface area contributed by atoms with E-state index >= 15 is 0 Å². The molecule has 2 unspecified atom stereocenters. The Morgan fingerprint density at radius 2 is 2.08 bits per heavy atom. The number of likely N-dealkylation sites (tertiary alicyclic amines) is 2. The molecule has 2 saturated heterocycles. The fourth-order valence-corrected chi connectivity index (χ4v) is 4.31. The molecule has 0 saturated carbocycles. The molecule has 0 radical (unpaired) electrons. The molecule has 6 heteroatoms. The van der Waals surface area contributed by atoms with Gasteiger partial charge >= 0.3 is 0 Å². The van der Waals surface area contributed by atoms with Crippen molar-refractivity contribution in [2.45, 2.75) is 51.1 Å². The summed E-state index contributed by atoms with van der Waals surface area (Å²) >= 11 is 0. The minimum Gasteiger partial charge on any atom is -0.336 e. The van der Waals surface area contributed by atoms with E-state index in [2.05, 4.69) is 29.2 Å². The van der Waals surface area contributed by atoms with Gasteiger partial charge in [0.15, 0.2) is 0 Å². The van der Waals surface area contributed by atoms with Gasteiger partial charge in [-0.3, -0.25) is 9.69 Å². The van der Waals surface area contributed by atoms with E-state index in [0.29, 0.717) is 12.1 Å². The second-order valence-electron chi connectivity index (χ2n) is 7.48. The highest BCUT2D eigenvalue weighted by molar-refractivity contribution is 5.95. The maximum Gasteiger partial charge on any atom is 0.254 e. The summed E-state index contributed by atoms with van der Waals surface area (Å²) in [5.74, 6) is 0.132. The van der Waals surface area contributed by atoms with E-state index in [1.807, 2.05) is 35.4 Å². The maximum atomic E-state index is 12.9. The van der Waals surface area contributed by atoms with Gasteiger partial charge in [0, 0.05) is 18.2 Å². The second-order valence-corrected chi connectivity index (χ2v) is 7.48. The molecule has 2 aliphatic rings. The second kappa shape index (κ2) is 7.19. The van der Waals surface area contributed by atoms with Crippen molar-refractivity contribution in [3.8, 4) is 5.69 Å². The van der Waals surface area contributed by atoms with Crippen molar-refractivity contribution >= 4 is 5.91 Å². The van der Waals surface area contributed by atoms with Crippen LogP contribution in [-0.2, 0) is 0 Å². The number of rotatable bonds is 4. The molecule has 1 aromatic heterocycles. The molecule has 26 heavy (non-hydrogen) atoms. The van der Waals surface area contributed by atoms with E-state index in [1.54, 1.807) is 4.68 Å². The topological polar surface area (TPSA) is 54.3 Å². The van der Waals surface area contributed by atoms with Crippen LogP contribution in [0.25, 0.3) is 5.69 Å². The van der Waals surface area contributed by atoms with Crippen molar-refractivity contribution in [3.05, 3.63) is 41.7 Å². The Balaban J connectivity index is 1.56. The molecule has 0 aliphatic carbocycles. The molecule has 2 atom stereocenters. The van der Waals surface area contributed by atoms with Crippen LogP contribution in [0.15, 0.2) is 30.5 Å². The predicted molar refractivity (Wildman–Crippen MR) is 100 cm³/mol. The van der Waals surface area contributed by atoms with Gasteiger partial charge in [0.1, 0.15) is 5.69 Å². The van der Waals surface area contributed by atoms with Crippen LogP contribution >= 0.6 is 0 Å². The summed E-state index contributed by atoms with van der Waals surface area (Å²) in [6, 6.07) is 8.48. The zero-order valence-electron chi connectivity index (χ0n) is 15.6. The number of hydrogen-bond acceptors (Lipinski definition) is 4. The van der Waals surface area contributed by atoms with Crippen LogP contribution in [0.1, 0.15) is 61.1 Å². The third-order valence-corrected chi connectivity index (χ3v) is 5.84. The van der Waals surface area contributed by atoms with Crippen molar-refractivity contribution in [2.75, 3.05) is 20.1 Å². The average molecular weight is 353 g/mol. The molecule has 0 bridgehead atoms. The zero-order chi connectivity index (χ0) is 18.1. The summed E-state index contributed by atoms with van der Waals surface area (Å²) in [6.07, 6.45) is 7.57. The highest BCUT2D eigenvalue weighted by atomic mass is 16.2. The number of carbonyl (C=O) groups is 1. The first-order valence-electron chi connectivity index (χ1n) is 9.71. The lowest BCUT2D eigenvalue weighted by atomic mass is 10.1. The molecule has 138 valence electrons. The number of hydrogen-bond donors (Lipinski definition) is 0. The number of nitrogens with zero attached hydrogens (tertiary/aromatic N) is 5. The average Bonchev–Trinajstić information content (AvgIpc) is 3.41. The summed E-state index contributed by atoms with van der Waals surface area (Å²) in [7, 11) is 2.14. The first-order chi connectivity index (χ1) is 12.7. The Hall–Kier alpha value is -2.21. The predicted octanol–water partition coefficient (Wildman–Crippen LogP) is 3.05. The van der Waals surface area contributed by atoms with Crippen LogP contribution in [0.5, 0.6) is 0 Å². The summed E-state index contributed by atoms with van der Waals surface area (Å²) in [6.45, 7) is 4.13. The minimum absolute atomic E-state index is 0.132. The SMILES string of the molecule is CCC1CCCN1C(=O)c1cccc(-n2cc(C3CCCN3C)nn2)c1. The van der Waals surface area contributed by atoms with Crippen LogP contribution < -0.4 is 0 Å². The van der Waals surface area contributed by atoms with Crippen molar-refractivity contribution in [1.29, 1.82) is 0 Å². The minimum atomic E-state index is 0.132. The maximum absolute atomic E-state index is 12.9. The molecular weight excluding hydrogens is 326 g/mol. The van der Waals surface area contributed by atoms with Crippen molar-refractivity contribution in [1.82, 2.24) is 24.8 Å². The normalized spacial score (nSPS) is 23.7. The van der Waals surface area contributed by atoms with Gasteiger partial charge in [-0.1, -0.05) is 18.2 Å². The lowest BCUT2D eigenvalue weighted by molar-refractivity contribution is 0.0733. The van der Waals surface area contributed by atoms with E-state index in [9.17, 15) is 4.79 Å². The summed E-state index contributed by atoms with van der Waals surface area (Å²) in [5, 5.41) is 8.69. The molecule has 0 spiro atoms. The van der Waals surface area contributed by atoms with Gasteiger partial charge in [0.05, 0.1) is 17.9 Å². The van der Waals surface area contributed by atoms with Gasteiger partial charge in [0.2, 0.25) is 0 Å². The Labute approximate surface area is 154 Å².